The van der Waals surface area contributed by atoms with Crippen LogP contribution in [-0.4, -0.2) is 51.5 Å². The summed E-state index contributed by atoms with van der Waals surface area (Å²) >= 11 is 6.56. The highest BCUT2D eigenvalue weighted by atomic mass is 35.5. The first kappa shape index (κ1) is 29.4. The molecule has 2 N–H and O–H groups in total. The van der Waals surface area contributed by atoms with Crippen molar-refractivity contribution < 1.29 is 19.4 Å². The number of nitrogens with zero attached hydrogens (tertiary/aromatic N) is 2. The molecule has 0 unspecified atom stereocenters. The van der Waals surface area contributed by atoms with E-state index >= 15 is 0 Å². The fraction of sp³-hybridized carbons (Fsp3) is 0.371. The van der Waals surface area contributed by atoms with E-state index in [0.717, 1.165) is 42.2 Å². The molecule has 1 saturated carbocycles. The lowest BCUT2D eigenvalue weighted by Gasteiger charge is -2.42. The lowest BCUT2D eigenvalue weighted by atomic mass is 9.93. The standard InChI is InChI=1S/C35H38ClN3O4/c1-22(2)39-19-16-27-20-26(10-14-31(27)39)24-6-8-25(9-7-24)33(40)34(41)37-23(3)35(42,38-17-4-5-18-38)28-11-15-32(30(36)21-28)43-29-12-13-29/h6-11,14-16,19-23,29,42H,4-5,12-13,17-18H2,1-3H3,(H,37,41)/t23-,35+/m1/s1. The molecule has 1 aliphatic heterocycles. The summed E-state index contributed by atoms with van der Waals surface area (Å²) in [4.78, 5) is 28.4. The molecule has 2 aliphatic rings. The largest absolute Gasteiger partial charge is 0.489 e. The van der Waals surface area contributed by atoms with Crippen molar-refractivity contribution in [2.45, 2.75) is 70.4 Å². The Kier molecular flexibility index (Phi) is 8.07. The molecule has 224 valence electrons. The minimum atomic E-state index is -1.55. The molecule has 0 bridgehead atoms. The third-order valence-electron chi connectivity index (χ3n) is 8.68. The Balaban J connectivity index is 1.18. The molecule has 8 heteroatoms. The number of rotatable bonds is 10. The van der Waals surface area contributed by atoms with Gasteiger partial charge in [0, 0.05) is 47.4 Å². The quantitative estimate of drug-likeness (QED) is 0.156. The molecule has 1 amide bonds. The van der Waals surface area contributed by atoms with Crippen LogP contribution < -0.4 is 10.1 Å². The third-order valence-corrected chi connectivity index (χ3v) is 8.97. The van der Waals surface area contributed by atoms with Crippen LogP contribution in [0.5, 0.6) is 5.75 Å². The lowest BCUT2D eigenvalue weighted by Crippen LogP contribution is -2.59. The summed E-state index contributed by atoms with van der Waals surface area (Å²) in [5, 5.41) is 16.5. The molecule has 3 aromatic carbocycles. The fourth-order valence-corrected chi connectivity index (χ4v) is 6.28. The number of ether oxygens (including phenoxy) is 1. The van der Waals surface area contributed by atoms with Crippen LogP contribution in [0.2, 0.25) is 5.02 Å². The van der Waals surface area contributed by atoms with Gasteiger partial charge in [0.1, 0.15) is 5.75 Å². The number of hydrogen-bond acceptors (Lipinski definition) is 5. The summed E-state index contributed by atoms with van der Waals surface area (Å²) < 4.78 is 8.11. The Morgan fingerprint density at radius 2 is 1.65 bits per heavy atom. The molecule has 0 spiro atoms. The molecule has 1 saturated heterocycles. The van der Waals surface area contributed by atoms with Crippen LogP contribution >= 0.6 is 11.6 Å². The van der Waals surface area contributed by atoms with E-state index in [1.165, 1.54) is 5.52 Å². The number of hydrogen-bond donors (Lipinski definition) is 2. The second kappa shape index (κ2) is 11.8. The van der Waals surface area contributed by atoms with Crippen LogP contribution in [0, 0.1) is 0 Å². The Morgan fingerprint density at radius 3 is 2.30 bits per heavy atom. The van der Waals surface area contributed by atoms with Crippen LogP contribution in [0.3, 0.4) is 0 Å². The predicted octanol–water partition coefficient (Wildman–Crippen LogP) is 6.71. The SMILES string of the molecule is CC(C)n1ccc2cc(-c3ccc(C(=O)C(=O)N[C@H](C)[C@](O)(c4ccc(OC5CC5)c(Cl)c4)N4CCCC4)cc3)ccc21. The van der Waals surface area contributed by atoms with Gasteiger partial charge < -0.3 is 19.7 Å². The Morgan fingerprint density at radius 1 is 0.953 bits per heavy atom. The summed E-state index contributed by atoms with van der Waals surface area (Å²) in [5.41, 5.74) is 2.45. The summed E-state index contributed by atoms with van der Waals surface area (Å²) in [6.07, 6.45) is 6.18. The molecular weight excluding hydrogens is 562 g/mol. The normalized spacial score (nSPS) is 17.6. The molecule has 4 aromatic rings. The minimum absolute atomic E-state index is 0.195. The highest BCUT2D eigenvalue weighted by molar-refractivity contribution is 6.42. The zero-order valence-electron chi connectivity index (χ0n) is 24.8. The number of Topliss-reactive ketones (excluding diaryl/α,β-unsaturated/α-hetero) is 1. The van der Waals surface area contributed by atoms with Crippen molar-refractivity contribution in [3.63, 3.8) is 0 Å². The van der Waals surface area contributed by atoms with Crippen molar-refractivity contribution in [2.75, 3.05) is 13.1 Å². The zero-order chi connectivity index (χ0) is 30.3. The maximum absolute atomic E-state index is 13.2. The lowest BCUT2D eigenvalue weighted by molar-refractivity contribution is -0.139. The van der Waals surface area contributed by atoms with Gasteiger partial charge in [0.25, 0.3) is 5.91 Å². The molecule has 2 atom stereocenters. The first-order chi connectivity index (χ1) is 20.6. The summed E-state index contributed by atoms with van der Waals surface area (Å²) in [6, 6.07) is 20.3. The molecular formula is C35H38ClN3O4. The van der Waals surface area contributed by atoms with E-state index in [9.17, 15) is 14.7 Å². The molecule has 1 aliphatic carbocycles. The number of benzene rings is 3. The van der Waals surface area contributed by atoms with Gasteiger partial charge in [-0.25, -0.2) is 0 Å². The highest BCUT2D eigenvalue weighted by Gasteiger charge is 2.44. The maximum Gasteiger partial charge on any atom is 0.292 e. The highest BCUT2D eigenvalue weighted by Crippen LogP contribution is 2.38. The smallest absolute Gasteiger partial charge is 0.292 e. The zero-order valence-corrected chi connectivity index (χ0v) is 25.6. The van der Waals surface area contributed by atoms with Gasteiger partial charge in [0.05, 0.1) is 17.2 Å². The van der Waals surface area contributed by atoms with Gasteiger partial charge in [-0.05, 0) is 87.9 Å². The molecule has 1 aromatic heterocycles. The number of carbonyl (C=O) groups excluding carboxylic acids is 2. The first-order valence-corrected chi connectivity index (χ1v) is 15.5. The summed E-state index contributed by atoms with van der Waals surface area (Å²) in [6.45, 7) is 7.36. The Labute approximate surface area is 257 Å². The van der Waals surface area contributed by atoms with Gasteiger partial charge in [0.15, 0.2) is 5.72 Å². The van der Waals surface area contributed by atoms with E-state index in [4.69, 9.17) is 16.3 Å². The average molecular weight is 600 g/mol. The van der Waals surface area contributed by atoms with Crippen LogP contribution in [0.25, 0.3) is 22.0 Å². The van der Waals surface area contributed by atoms with Gasteiger partial charge in [-0.15, -0.1) is 0 Å². The van der Waals surface area contributed by atoms with Crippen LogP contribution in [0.1, 0.15) is 68.4 Å². The number of amides is 1. The van der Waals surface area contributed by atoms with E-state index in [1.807, 2.05) is 17.0 Å². The first-order valence-electron chi connectivity index (χ1n) is 15.2. The molecule has 7 nitrogen and oxygen atoms in total. The van der Waals surface area contributed by atoms with E-state index < -0.39 is 23.5 Å². The van der Waals surface area contributed by atoms with E-state index in [-0.39, 0.29) is 11.7 Å². The van der Waals surface area contributed by atoms with Crippen LogP contribution in [0.4, 0.5) is 0 Å². The fourth-order valence-electron chi connectivity index (χ4n) is 6.06. The van der Waals surface area contributed by atoms with Gasteiger partial charge >= 0.3 is 0 Å². The summed E-state index contributed by atoms with van der Waals surface area (Å²) in [5.74, 6) is -0.840. The van der Waals surface area contributed by atoms with Gasteiger partial charge in [-0.2, -0.15) is 0 Å². The number of aromatic nitrogens is 1. The molecule has 2 heterocycles. The van der Waals surface area contributed by atoms with E-state index in [1.54, 1.807) is 37.3 Å². The predicted molar refractivity (Wildman–Crippen MR) is 169 cm³/mol. The van der Waals surface area contributed by atoms with Crippen molar-refractivity contribution in [3.8, 4) is 16.9 Å². The monoisotopic (exact) mass is 599 g/mol. The van der Waals surface area contributed by atoms with E-state index in [2.05, 4.69) is 54.2 Å². The number of aliphatic hydroxyl groups is 1. The van der Waals surface area contributed by atoms with Crippen molar-refractivity contribution in [1.82, 2.24) is 14.8 Å². The number of ketones is 1. The maximum atomic E-state index is 13.2. The second-order valence-corrected chi connectivity index (χ2v) is 12.5. The average Bonchev–Trinajstić information content (AvgIpc) is 3.46. The van der Waals surface area contributed by atoms with Gasteiger partial charge in [-0.3, -0.25) is 14.5 Å². The molecule has 0 radical (unpaired) electrons. The van der Waals surface area contributed by atoms with Crippen molar-refractivity contribution in [1.29, 1.82) is 0 Å². The van der Waals surface area contributed by atoms with Crippen LogP contribution in [0.15, 0.2) is 72.9 Å². The number of likely N-dealkylation sites (tertiary alicyclic amines) is 1. The van der Waals surface area contributed by atoms with E-state index in [0.29, 0.717) is 35.5 Å². The number of carbonyl (C=O) groups is 2. The van der Waals surface area contributed by atoms with Crippen molar-refractivity contribution in [3.05, 3.63) is 89.1 Å². The van der Waals surface area contributed by atoms with Crippen molar-refractivity contribution in [2.24, 2.45) is 0 Å². The number of fused-ring (bicyclic) bond motifs is 1. The molecule has 43 heavy (non-hydrogen) atoms. The summed E-state index contributed by atoms with van der Waals surface area (Å²) in [7, 11) is 0. The molecule has 6 rings (SSSR count). The topological polar surface area (TPSA) is 83.8 Å². The number of halogens is 1. The third kappa shape index (κ3) is 5.81. The van der Waals surface area contributed by atoms with Crippen molar-refractivity contribution >= 4 is 34.2 Å². The number of nitrogens with one attached hydrogen (secondary N) is 1. The van der Waals surface area contributed by atoms with Gasteiger partial charge in [-0.1, -0.05) is 48.0 Å². The Hall–Kier alpha value is -3.65. The van der Waals surface area contributed by atoms with Crippen LogP contribution in [-0.2, 0) is 10.5 Å². The molecule has 2 fully saturated rings. The minimum Gasteiger partial charge on any atom is -0.489 e. The second-order valence-electron chi connectivity index (χ2n) is 12.1. The Bertz CT molecular complexity index is 1650. The van der Waals surface area contributed by atoms with Gasteiger partial charge in [0.2, 0.25) is 5.78 Å².